The molecule has 0 aliphatic rings. The first-order chi connectivity index (χ1) is 6.43. The van der Waals surface area contributed by atoms with E-state index in [1.165, 1.54) is 19.1 Å². The van der Waals surface area contributed by atoms with Crippen molar-refractivity contribution in [2.75, 3.05) is 0 Å². The molecule has 1 rings (SSSR count). The first-order valence-corrected chi connectivity index (χ1v) is 4.83. The molecule has 5 heteroatoms. The summed E-state index contributed by atoms with van der Waals surface area (Å²) in [7, 11) is 0. The van der Waals surface area contributed by atoms with Crippen molar-refractivity contribution in [2.45, 2.75) is 13.3 Å². The fourth-order valence-corrected chi connectivity index (χ4v) is 1.73. The van der Waals surface area contributed by atoms with Gasteiger partial charge in [-0.1, -0.05) is 0 Å². The van der Waals surface area contributed by atoms with Gasteiger partial charge in [-0.25, -0.2) is 8.78 Å². The molecular formula is C9H7F2IO2. The zero-order valence-electron chi connectivity index (χ0n) is 7.22. The average molecular weight is 312 g/mol. The van der Waals surface area contributed by atoms with Gasteiger partial charge in [0, 0.05) is 9.13 Å². The molecule has 0 unspecified atom stereocenters. The van der Waals surface area contributed by atoms with E-state index in [1.807, 2.05) is 22.6 Å². The quantitative estimate of drug-likeness (QED) is 0.673. The zero-order chi connectivity index (χ0) is 10.9. The summed E-state index contributed by atoms with van der Waals surface area (Å²) in [6.07, 6.45) is -2.84. The highest BCUT2D eigenvalue weighted by Crippen LogP contribution is 2.33. The molecule has 1 N–H and O–H groups in total. The minimum absolute atomic E-state index is 0.121. The van der Waals surface area contributed by atoms with Crippen LogP contribution >= 0.6 is 22.6 Å². The third kappa shape index (κ3) is 2.20. The number of ketones is 1. The Labute approximate surface area is 93.1 Å². The second-order valence-electron chi connectivity index (χ2n) is 2.74. The van der Waals surface area contributed by atoms with E-state index in [9.17, 15) is 18.7 Å². The topological polar surface area (TPSA) is 37.3 Å². The lowest BCUT2D eigenvalue weighted by atomic mass is 10.0. The molecule has 1 aromatic rings. The van der Waals surface area contributed by atoms with Crippen LogP contribution in [0.4, 0.5) is 8.78 Å². The first kappa shape index (κ1) is 11.4. The maximum absolute atomic E-state index is 12.5. The molecular weight excluding hydrogens is 305 g/mol. The summed E-state index contributed by atoms with van der Waals surface area (Å²) in [6.45, 7) is 1.19. The van der Waals surface area contributed by atoms with Crippen LogP contribution in [0.2, 0.25) is 0 Å². The second-order valence-corrected chi connectivity index (χ2v) is 3.99. The van der Waals surface area contributed by atoms with Gasteiger partial charge in [-0.3, -0.25) is 4.79 Å². The van der Waals surface area contributed by atoms with Crippen molar-refractivity contribution in [1.82, 2.24) is 0 Å². The Morgan fingerprint density at radius 2 is 2.07 bits per heavy atom. The van der Waals surface area contributed by atoms with Gasteiger partial charge >= 0.3 is 0 Å². The molecule has 0 amide bonds. The summed E-state index contributed by atoms with van der Waals surface area (Å²) < 4.78 is 25.5. The third-order valence-electron chi connectivity index (χ3n) is 1.72. The van der Waals surface area contributed by atoms with Gasteiger partial charge in [0.1, 0.15) is 5.75 Å². The van der Waals surface area contributed by atoms with Gasteiger partial charge in [0.25, 0.3) is 6.43 Å². The number of phenols is 1. The van der Waals surface area contributed by atoms with Crippen LogP contribution in [-0.4, -0.2) is 10.9 Å². The van der Waals surface area contributed by atoms with Gasteiger partial charge in [0.05, 0.1) is 5.56 Å². The van der Waals surface area contributed by atoms with E-state index in [0.717, 1.165) is 0 Å². The number of halogens is 3. The Morgan fingerprint density at radius 1 is 1.50 bits per heavy atom. The van der Waals surface area contributed by atoms with E-state index in [0.29, 0.717) is 3.57 Å². The molecule has 0 saturated heterocycles. The van der Waals surface area contributed by atoms with E-state index in [4.69, 9.17) is 0 Å². The molecule has 76 valence electrons. The average Bonchev–Trinajstić information content (AvgIpc) is 2.01. The number of alkyl halides is 2. The van der Waals surface area contributed by atoms with Crippen molar-refractivity contribution in [1.29, 1.82) is 0 Å². The standard InChI is InChI=1S/C9H7F2IO2/c1-4(13)6-2-5(12)3-7(14)8(6)9(10)11/h2-3,9,14H,1H3. The first-order valence-electron chi connectivity index (χ1n) is 3.75. The van der Waals surface area contributed by atoms with Crippen LogP contribution < -0.4 is 0 Å². The lowest BCUT2D eigenvalue weighted by Gasteiger charge is -2.08. The number of hydrogen-bond acceptors (Lipinski definition) is 2. The summed E-state index contributed by atoms with van der Waals surface area (Å²) in [5, 5.41) is 9.25. The molecule has 2 nitrogen and oxygen atoms in total. The number of Topliss-reactive ketones (excluding diaryl/α,β-unsaturated/α-hetero) is 1. The van der Waals surface area contributed by atoms with Crippen molar-refractivity contribution in [3.05, 3.63) is 26.8 Å². The monoisotopic (exact) mass is 312 g/mol. The van der Waals surface area contributed by atoms with Gasteiger partial charge in [0.2, 0.25) is 0 Å². The molecule has 1 aromatic carbocycles. The number of carbonyl (C=O) groups is 1. The highest BCUT2D eigenvalue weighted by molar-refractivity contribution is 14.1. The Balaban J connectivity index is 3.44. The van der Waals surface area contributed by atoms with Crippen LogP contribution in [-0.2, 0) is 0 Å². The van der Waals surface area contributed by atoms with Gasteiger partial charge in [-0.05, 0) is 41.6 Å². The van der Waals surface area contributed by atoms with Crippen LogP contribution in [0.25, 0.3) is 0 Å². The summed E-state index contributed by atoms with van der Waals surface area (Å²) in [6, 6.07) is 2.54. The Bertz CT molecular complexity index is 377. The molecule has 0 atom stereocenters. The number of carbonyl (C=O) groups excluding carboxylic acids is 1. The van der Waals surface area contributed by atoms with E-state index in [2.05, 4.69) is 0 Å². The largest absolute Gasteiger partial charge is 0.507 e. The minimum Gasteiger partial charge on any atom is -0.507 e. The van der Waals surface area contributed by atoms with E-state index < -0.39 is 23.5 Å². The Hall–Kier alpha value is -0.720. The molecule has 0 aliphatic carbocycles. The van der Waals surface area contributed by atoms with Gasteiger partial charge in [-0.2, -0.15) is 0 Å². The lowest BCUT2D eigenvalue weighted by molar-refractivity contribution is 0.0996. The van der Waals surface area contributed by atoms with Crippen molar-refractivity contribution in [2.24, 2.45) is 0 Å². The predicted octanol–water partition coefficient (Wildman–Crippen LogP) is 3.14. The normalized spacial score (nSPS) is 10.6. The molecule has 0 radical (unpaired) electrons. The highest BCUT2D eigenvalue weighted by atomic mass is 127. The fraction of sp³-hybridized carbons (Fsp3) is 0.222. The van der Waals surface area contributed by atoms with Crippen LogP contribution in [0.15, 0.2) is 12.1 Å². The van der Waals surface area contributed by atoms with E-state index in [-0.39, 0.29) is 5.56 Å². The fourth-order valence-electron chi connectivity index (χ4n) is 1.12. The van der Waals surface area contributed by atoms with E-state index >= 15 is 0 Å². The number of aromatic hydroxyl groups is 1. The maximum Gasteiger partial charge on any atom is 0.268 e. The Morgan fingerprint density at radius 3 is 2.50 bits per heavy atom. The Kier molecular flexibility index (Phi) is 3.41. The minimum atomic E-state index is -2.84. The van der Waals surface area contributed by atoms with Crippen LogP contribution in [0.3, 0.4) is 0 Å². The summed E-state index contributed by atoms with van der Waals surface area (Å²) in [5.41, 5.74) is -0.706. The molecule has 14 heavy (non-hydrogen) atoms. The molecule has 0 fully saturated rings. The summed E-state index contributed by atoms with van der Waals surface area (Å²) >= 11 is 1.85. The number of phenolic OH excluding ortho intramolecular Hbond substituents is 1. The SMILES string of the molecule is CC(=O)c1cc(I)cc(O)c1C(F)F. The van der Waals surface area contributed by atoms with Crippen LogP contribution in [0.1, 0.15) is 29.3 Å². The molecule has 0 saturated carbocycles. The molecule has 0 aliphatic heterocycles. The van der Waals surface area contributed by atoms with Crippen LogP contribution in [0, 0.1) is 3.57 Å². The maximum atomic E-state index is 12.5. The summed E-state index contributed by atoms with van der Waals surface area (Å²) in [5.74, 6) is -1.01. The second kappa shape index (κ2) is 4.20. The molecule has 0 aromatic heterocycles. The van der Waals surface area contributed by atoms with Gasteiger partial charge < -0.3 is 5.11 Å². The zero-order valence-corrected chi connectivity index (χ0v) is 9.38. The molecule has 0 spiro atoms. The van der Waals surface area contributed by atoms with Crippen molar-refractivity contribution < 1.29 is 18.7 Å². The van der Waals surface area contributed by atoms with Crippen LogP contribution in [0.5, 0.6) is 5.75 Å². The third-order valence-corrected chi connectivity index (χ3v) is 2.34. The van der Waals surface area contributed by atoms with Crippen molar-refractivity contribution in [3.8, 4) is 5.75 Å². The smallest absolute Gasteiger partial charge is 0.268 e. The van der Waals surface area contributed by atoms with E-state index in [1.54, 1.807) is 0 Å². The molecule has 0 bridgehead atoms. The number of rotatable bonds is 2. The van der Waals surface area contributed by atoms with Crippen molar-refractivity contribution >= 4 is 28.4 Å². The van der Waals surface area contributed by atoms with Crippen molar-refractivity contribution in [3.63, 3.8) is 0 Å². The molecule has 0 heterocycles. The number of hydrogen-bond donors (Lipinski definition) is 1. The van der Waals surface area contributed by atoms with Gasteiger partial charge in [-0.15, -0.1) is 0 Å². The summed E-state index contributed by atoms with van der Waals surface area (Å²) in [4.78, 5) is 11.0. The van der Waals surface area contributed by atoms with Gasteiger partial charge in [0.15, 0.2) is 5.78 Å². The predicted molar refractivity (Wildman–Crippen MR) is 55.8 cm³/mol. The highest BCUT2D eigenvalue weighted by Gasteiger charge is 2.20. The lowest BCUT2D eigenvalue weighted by Crippen LogP contribution is -2.01. The number of benzene rings is 1.